The van der Waals surface area contributed by atoms with Gasteiger partial charge in [0.1, 0.15) is 12.1 Å². The van der Waals surface area contributed by atoms with Crippen molar-refractivity contribution in [3.63, 3.8) is 0 Å². The Morgan fingerprint density at radius 3 is 1.98 bits per heavy atom. The van der Waals surface area contributed by atoms with Crippen LogP contribution in [0, 0.1) is 6.07 Å². The summed E-state index contributed by atoms with van der Waals surface area (Å²) in [5.41, 5.74) is 5.76. The van der Waals surface area contributed by atoms with Crippen LogP contribution >= 0.6 is 0 Å². The molecule has 1 N–H and O–H groups in total. The first-order valence-electron chi connectivity index (χ1n) is 20.4. The number of hydrogen-bond donors (Lipinski definition) is 1. The molecule has 0 radical (unpaired) electrons. The first kappa shape index (κ1) is 60.2. The molecule has 1 atom stereocenters. The standard InChI is InChI=1S/C42H53N3O7S.K.3O3S/c1-6-8-27-42(5)33-19-16-15-18-32(33)35(44(42)29-9-7-2)20-12-10-13-21-37-41(3,4)34-30-31(53(49,50)51)23-24-36(34)43(37)28-17-11-14-22-40(48)52-45-38(46)25-26-39(45)47;;3*1-4(2)3/h10,12-13,15,18-21,23-24,30H,6-9,11,14,17,22,25-29H2,1-5H3,(H,49,50,51);;;;/q;+1;;;. The van der Waals surface area contributed by atoms with Gasteiger partial charge in [-0.3, -0.25) is 14.1 Å². The molecule has 24 heteroatoms. The van der Waals surface area contributed by atoms with Crippen LogP contribution in [0.3, 0.4) is 0 Å². The number of hydroxylamine groups is 2. The summed E-state index contributed by atoms with van der Waals surface area (Å²) in [6.07, 6.45) is 18.0. The van der Waals surface area contributed by atoms with Gasteiger partial charge in [0.25, 0.3) is 21.9 Å². The smallest absolute Gasteiger partial charge is 0.344 e. The van der Waals surface area contributed by atoms with Gasteiger partial charge in [-0.05, 0) is 56.0 Å². The van der Waals surface area contributed by atoms with Gasteiger partial charge in [-0.15, -0.1) is 42.9 Å². The Morgan fingerprint density at radius 1 is 0.833 bits per heavy atom. The maximum Gasteiger partial charge on any atom is 1.00 e. The van der Waals surface area contributed by atoms with Gasteiger partial charge in [0.05, 0.1) is 4.90 Å². The Hall–Kier alpha value is -3.85. The largest absolute Gasteiger partial charge is 1.00 e. The van der Waals surface area contributed by atoms with Gasteiger partial charge < -0.3 is 9.74 Å². The van der Waals surface area contributed by atoms with E-state index in [-0.39, 0.29) is 81.1 Å². The molecule has 0 aliphatic carbocycles. The van der Waals surface area contributed by atoms with Gasteiger partial charge in [0, 0.05) is 61.5 Å². The van der Waals surface area contributed by atoms with E-state index in [0.29, 0.717) is 30.9 Å². The molecule has 2 aromatic carbocycles. The molecule has 19 nitrogen and oxygen atoms in total. The van der Waals surface area contributed by atoms with Crippen molar-refractivity contribution < 1.29 is 126 Å². The summed E-state index contributed by atoms with van der Waals surface area (Å²) in [6.45, 7) is 12.5. The van der Waals surface area contributed by atoms with E-state index in [4.69, 9.17) is 42.7 Å². The molecule has 2 aromatic rings. The van der Waals surface area contributed by atoms with E-state index in [9.17, 15) is 27.4 Å². The summed E-state index contributed by atoms with van der Waals surface area (Å²) in [7, 11) is -13.7. The van der Waals surface area contributed by atoms with E-state index in [1.807, 2.05) is 32.1 Å². The minimum Gasteiger partial charge on any atom is -0.344 e. The number of carbonyl (C=O) groups is 3. The molecule has 5 rings (SSSR count). The number of hydrogen-bond acceptors (Lipinski definition) is 16. The average molecular weight is 1020 g/mol. The van der Waals surface area contributed by atoms with Crippen molar-refractivity contribution in [2.75, 3.05) is 18.0 Å². The van der Waals surface area contributed by atoms with E-state index >= 15 is 0 Å². The Morgan fingerprint density at radius 2 is 1.42 bits per heavy atom. The second kappa shape index (κ2) is 28.5. The zero-order valence-corrected chi connectivity index (χ0v) is 44.0. The SMILES string of the molecule is CCCC[N+]1=C(/C=C/C=C/C=C2\N(CCCCCC(=O)ON3C(=O)CCC3=O)c3ccc(S(=O)(=O)O)cc3C2(C)C)c2cc[c-]cc2C1(C)CCCC.O=S(=O)=O.O=S(=O)=O.O=S(=O)=O.[K+]. The van der Waals surface area contributed by atoms with Crippen LogP contribution in [0.5, 0.6) is 0 Å². The van der Waals surface area contributed by atoms with Gasteiger partial charge in [-0.2, -0.15) is 32.7 Å². The van der Waals surface area contributed by atoms with Gasteiger partial charge in [-0.1, -0.05) is 76.3 Å². The molecule has 0 bridgehead atoms. The van der Waals surface area contributed by atoms with Crippen LogP contribution in [-0.2, 0) is 72.1 Å². The maximum atomic E-state index is 12.3. The number of nitrogens with zero attached hydrogens (tertiary/aromatic N) is 3. The number of imide groups is 1. The molecule has 0 aromatic heterocycles. The quantitative estimate of drug-likeness (QED) is 0.0449. The maximum absolute atomic E-state index is 12.3. The molecule has 1 saturated heterocycles. The van der Waals surface area contributed by atoms with Crippen molar-refractivity contribution in [1.29, 1.82) is 0 Å². The fourth-order valence-corrected chi connectivity index (χ4v) is 8.25. The number of benzene rings is 2. The number of allylic oxidation sites excluding steroid dienone is 6. The van der Waals surface area contributed by atoms with Crippen LogP contribution in [0.4, 0.5) is 5.69 Å². The van der Waals surface area contributed by atoms with Crippen molar-refractivity contribution in [3.05, 3.63) is 95.2 Å². The predicted octanol–water partition coefficient (Wildman–Crippen LogP) is 1.71. The fraction of sp³-hybridized carbons (Fsp3) is 0.476. The zero-order chi connectivity index (χ0) is 49.1. The molecule has 66 heavy (non-hydrogen) atoms. The summed E-state index contributed by atoms with van der Waals surface area (Å²) in [4.78, 5) is 42.9. The van der Waals surface area contributed by atoms with Crippen LogP contribution < -0.4 is 56.3 Å². The minimum atomic E-state index is -4.39. The minimum absolute atomic E-state index is 0. The third-order valence-corrected chi connectivity index (χ3v) is 11.6. The summed E-state index contributed by atoms with van der Waals surface area (Å²) < 4.78 is 113. The molecule has 356 valence electrons. The molecular formula is C42H53KN3O16S4+. The van der Waals surface area contributed by atoms with E-state index in [2.05, 4.69) is 66.7 Å². The van der Waals surface area contributed by atoms with Crippen LogP contribution in [0.2, 0.25) is 0 Å². The number of anilines is 1. The predicted molar refractivity (Wildman–Crippen MR) is 234 cm³/mol. The first-order valence-corrected chi connectivity index (χ1v) is 24.8. The van der Waals surface area contributed by atoms with E-state index < -0.39 is 65.1 Å². The third-order valence-electron chi connectivity index (χ3n) is 10.7. The summed E-state index contributed by atoms with van der Waals surface area (Å²) in [6, 6.07) is 14.3. The number of carbonyl (C=O) groups excluding carboxylic acids is 3. The molecule has 2 amide bonds. The Kier molecular flexibility index (Phi) is 26.0. The third kappa shape index (κ3) is 18.0. The Bertz CT molecular complexity index is 2560. The molecule has 3 heterocycles. The molecular weight excluding hydrogens is 970 g/mol. The molecule has 3 aliphatic rings. The zero-order valence-electron chi connectivity index (χ0n) is 37.6. The van der Waals surface area contributed by atoms with Gasteiger partial charge >= 0.3 is 89.2 Å². The number of amides is 2. The molecule has 3 aliphatic heterocycles. The number of fused-ring (bicyclic) bond motifs is 2. The van der Waals surface area contributed by atoms with Crippen LogP contribution in [0.1, 0.15) is 122 Å². The fourth-order valence-electron chi connectivity index (χ4n) is 7.74. The normalized spacial score (nSPS) is 17.5. The van der Waals surface area contributed by atoms with E-state index in [1.54, 1.807) is 12.1 Å². The monoisotopic (exact) mass is 1020 g/mol. The van der Waals surface area contributed by atoms with Crippen molar-refractivity contribution in [3.8, 4) is 0 Å². The van der Waals surface area contributed by atoms with Crippen molar-refractivity contribution in [2.24, 2.45) is 0 Å². The summed E-state index contributed by atoms with van der Waals surface area (Å²) in [5, 5.41) is 0.573. The average Bonchev–Trinajstić information content (AvgIpc) is 3.73. The first-order chi connectivity index (χ1) is 30.4. The van der Waals surface area contributed by atoms with Gasteiger partial charge in [-0.25, -0.2) is 9.37 Å². The number of rotatable bonds is 17. The Balaban J connectivity index is 0.00000149. The van der Waals surface area contributed by atoms with Gasteiger partial charge in [0.15, 0.2) is 5.71 Å². The molecule has 0 saturated carbocycles. The summed E-state index contributed by atoms with van der Waals surface area (Å²) in [5.74, 6) is -1.62. The molecule has 1 fully saturated rings. The van der Waals surface area contributed by atoms with Crippen LogP contribution in [0.25, 0.3) is 0 Å². The van der Waals surface area contributed by atoms with E-state index in [1.165, 1.54) is 22.9 Å². The number of unbranched alkanes of at least 4 members (excludes halogenated alkanes) is 4. The van der Waals surface area contributed by atoms with Gasteiger partial charge in [0.2, 0.25) is 0 Å². The Labute approximate surface area is 432 Å². The molecule has 0 spiro atoms. The molecule has 1 unspecified atom stereocenters. The van der Waals surface area contributed by atoms with Crippen molar-refractivity contribution in [1.82, 2.24) is 5.06 Å². The topological polar surface area (TPSA) is 278 Å². The van der Waals surface area contributed by atoms with E-state index in [0.717, 1.165) is 55.6 Å². The van der Waals surface area contributed by atoms with Crippen LogP contribution in [0.15, 0.2) is 77.4 Å². The second-order valence-electron chi connectivity index (χ2n) is 15.4. The second-order valence-corrected chi connectivity index (χ2v) is 18.1. The van der Waals surface area contributed by atoms with Crippen LogP contribution in [-0.4, -0.2) is 97.1 Å². The van der Waals surface area contributed by atoms with Crippen molar-refractivity contribution in [2.45, 2.75) is 121 Å². The van der Waals surface area contributed by atoms with Crippen molar-refractivity contribution >= 4 is 71.1 Å². The summed E-state index contributed by atoms with van der Waals surface area (Å²) >= 11 is 0.